The molecule has 4 heteroatoms. The van der Waals surface area contributed by atoms with E-state index >= 15 is 0 Å². The van der Waals surface area contributed by atoms with Gasteiger partial charge in [-0.2, -0.15) is 0 Å². The second-order valence-electron chi connectivity index (χ2n) is 6.88. The number of nitrogens with one attached hydrogen (secondary N) is 2. The van der Waals surface area contributed by atoms with Crippen molar-refractivity contribution < 1.29 is 9.53 Å². The fraction of sp³-hybridized carbons (Fsp3) is 0.632. The number of methoxy groups -OCH3 is 1. The second-order valence-corrected chi connectivity index (χ2v) is 6.88. The molecule has 3 rings (SSSR count). The van der Waals surface area contributed by atoms with Crippen molar-refractivity contribution in [1.29, 1.82) is 0 Å². The molecule has 0 heterocycles. The van der Waals surface area contributed by atoms with E-state index in [0.717, 1.165) is 37.0 Å². The van der Waals surface area contributed by atoms with Gasteiger partial charge in [0, 0.05) is 18.2 Å². The maximum absolute atomic E-state index is 12.3. The molecule has 0 aliphatic heterocycles. The van der Waals surface area contributed by atoms with E-state index in [2.05, 4.69) is 22.8 Å². The summed E-state index contributed by atoms with van der Waals surface area (Å²) in [5.74, 6) is 1.04. The number of fused-ring (bicyclic) bond motifs is 1. The molecule has 0 radical (unpaired) electrons. The molecule has 4 nitrogen and oxygen atoms in total. The predicted octanol–water partition coefficient (Wildman–Crippen LogP) is 2.72. The minimum atomic E-state index is -0.187. The maximum Gasteiger partial charge on any atom is 0.237 e. The zero-order chi connectivity index (χ0) is 16.2. The molecule has 2 aliphatic rings. The Morgan fingerprint density at radius 3 is 2.61 bits per heavy atom. The van der Waals surface area contributed by atoms with Crippen LogP contribution in [0, 0.1) is 0 Å². The summed E-state index contributed by atoms with van der Waals surface area (Å²) in [5.41, 5.74) is 4.00. The number of hydrogen-bond acceptors (Lipinski definition) is 3. The highest BCUT2D eigenvalue weighted by Gasteiger charge is 2.21. The van der Waals surface area contributed by atoms with Crippen molar-refractivity contribution >= 4 is 5.91 Å². The Kier molecular flexibility index (Phi) is 5.21. The summed E-state index contributed by atoms with van der Waals surface area (Å²) in [6.07, 6.45) is 8.26. The summed E-state index contributed by atoms with van der Waals surface area (Å²) in [6, 6.07) is 4.60. The highest BCUT2D eigenvalue weighted by atomic mass is 16.5. The number of amides is 1. The predicted molar refractivity (Wildman–Crippen MR) is 91.7 cm³/mol. The Bertz CT molecular complexity index is 565. The first-order chi connectivity index (χ1) is 11.2. The Morgan fingerprint density at radius 2 is 1.91 bits per heavy atom. The van der Waals surface area contributed by atoms with Crippen LogP contribution in [0.4, 0.5) is 0 Å². The van der Waals surface area contributed by atoms with E-state index in [1.807, 2.05) is 6.92 Å². The summed E-state index contributed by atoms with van der Waals surface area (Å²) in [7, 11) is 1.72. The lowest BCUT2D eigenvalue weighted by Crippen LogP contribution is -2.45. The third-order valence-electron chi connectivity index (χ3n) is 5.19. The lowest BCUT2D eigenvalue weighted by atomic mass is 10.0. The number of carbonyl (C=O) groups is 1. The zero-order valence-electron chi connectivity index (χ0n) is 14.3. The number of carbonyl (C=O) groups excluding carboxylic acids is 1. The quantitative estimate of drug-likeness (QED) is 0.848. The van der Waals surface area contributed by atoms with Crippen molar-refractivity contribution in [3.05, 3.63) is 28.8 Å². The summed E-state index contributed by atoms with van der Waals surface area (Å²) >= 11 is 0. The Labute approximate surface area is 139 Å². The number of rotatable bonds is 6. The van der Waals surface area contributed by atoms with Crippen LogP contribution in [-0.4, -0.2) is 25.1 Å². The smallest absolute Gasteiger partial charge is 0.237 e. The third kappa shape index (κ3) is 3.86. The third-order valence-corrected chi connectivity index (χ3v) is 5.19. The lowest BCUT2D eigenvalue weighted by molar-refractivity contribution is -0.123. The van der Waals surface area contributed by atoms with E-state index in [4.69, 9.17) is 4.74 Å². The van der Waals surface area contributed by atoms with Gasteiger partial charge in [-0.15, -0.1) is 0 Å². The average molecular weight is 316 g/mol. The van der Waals surface area contributed by atoms with E-state index < -0.39 is 0 Å². The molecule has 1 aromatic carbocycles. The topological polar surface area (TPSA) is 50.4 Å². The molecule has 1 fully saturated rings. The number of aryl methyl sites for hydroxylation is 2. The van der Waals surface area contributed by atoms with E-state index in [0.29, 0.717) is 12.6 Å². The largest absolute Gasteiger partial charge is 0.496 e. The standard InChI is InChI=1S/C19H28N2O2/c1-13(19(22)21-17-8-3-4-9-17)20-12-16-10-14-6-5-7-15(14)11-18(16)23-2/h10-11,13,17,20H,3-9,12H2,1-2H3,(H,21,22). The first-order valence-electron chi connectivity index (χ1n) is 8.90. The molecule has 0 spiro atoms. The molecule has 1 amide bonds. The van der Waals surface area contributed by atoms with Crippen molar-refractivity contribution in [2.75, 3.05) is 7.11 Å². The number of ether oxygens (including phenoxy) is 1. The van der Waals surface area contributed by atoms with Crippen molar-refractivity contribution in [3.63, 3.8) is 0 Å². The fourth-order valence-corrected chi connectivity index (χ4v) is 3.73. The van der Waals surface area contributed by atoms with Gasteiger partial charge < -0.3 is 15.4 Å². The minimum Gasteiger partial charge on any atom is -0.496 e. The van der Waals surface area contributed by atoms with Gasteiger partial charge in [0.05, 0.1) is 13.2 Å². The van der Waals surface area contributed by atoms with Crippen LogP contribution >= 0.6 is 0 Å². The fourth-order valence-electron chi connectivity index (χ4n) is 3.73. The molecular formula is C19H28N2O2. The maximum atomic E-state index is 12.3. The molecule has 0 aromatic heterocycles. The molecular weight excluding hydrogens is 288 g/mol. The molecule has 1 aromatic rings. The lowest BCUT2D eigenvalue weighted by Gasteiger charge is -2.19. The van der Waals surface area contributed by atoms with Gasteiger partial charge in [0.2, 0.25) is 5.91 Å². The summed E-state index contributed by atoms with van der Waals surface area (Å²) in [4.78, 5) is 12.3. The molecule has 23 heavy (non-hydrogen) atoms. The van der Waals surface area contributed by atoms with E-state index in [1.54, 1.807) is 7.11 Å². The van der Waals surface area contributed by atoms with Gasteiger partial charge in [0.25, 0.3) is 0 Å². The van der Waals surface area contributed by atoms with Gasteiger partial charge in [-0.1, -0.05) is 18.9 Å². The molecule has 1 unspecified atom stereocenters. The highest BCUT2D eigenvalue weighted by Crippen LogP contribution is 2.29. The van der Waals surface area contributed by atoms with Gasteiger partial charge in [-0.25, -0.2) is 0 Å². The zero-order valence-corrected chi connectivity index (χ0v) is 14.3. The molecule has 0 saturated heterocycles. The monoisotopic (exact) mass is 316 g/mol. The minimum absolute atomic E-state index is 0.108. The highest BCUT2D eigenvalue weighted by molar-refractivity contribution is 5.81. The summed E-state index contributed by atoms with van der Waals surface area (Å²) < 4.78 is 5.53. The Balaban J connectivity index is 1.57. The number of benzene rings is 1. The van der Waals surface area contributed by atoms with Gasteiger partial charge in [0.15, 0.2) is 0 Å². The van der Waals surface area contributed by atoms with E-state index in [-0.39, 0.29) is 11.9 Å². The van der Waals surface area contributed by atoms with Crippen LogP contribution < -0.4 is 15.4 Å². The van der Waals surface area contributed by atoms with Gasteiger partial charge in [0.1, 0.15) is 5.75 Å². The van der Waals surface area contributed by atoms with Crippen LogP contribution in [0.15, 0.2) is 12.1 Å². The first-order valence-corrected chi connectivity index (χ1v) is 8.90. The normalized spacial score (nSPS) is 18.7. The SMILES string of the molecule is COc1cc2c(cc1CNC(C)C(=O)NC1CCCC1)CCC2. The molecule has 2 N–H and O–H groups in total. The van der Waals surface area contributed by atoms with Crippen molar-refractivity contribution in [3.8, 4) is 5.75 Å². The number of hydrogen-bond donors (Lipinski definition) is 2. The molecule has 126 valence electrons. The van der Waals surface area contributed by atoms with Gasteiger partial charge in [-0.05, 0) is 56.2 Å². The van der Waals surface area contributed by atoms with E-state index in [9.17, 15) is 4.79 Å². The molecule has 2 aliphatic carbocycles. The Hall–Kier alpha value is -1.55. The van der Waals surface area contributed by atoms with Crippen LogP contribution in [0.25, 0.3) is 0 Å². The summed E-state index contributed by atoms with van der Waals surface area (Å²) in [5, 5.41) is 6.50. The van der Waals surface area contributed by atoms with Gasteiger partial charge >= 0.3 is 0 Å². The van der Waals surface area contributed by atoms with Crippen LogP contribution in [-0.2, 0) is 24.2 Å². The second kappa shape index (κ2) is 7.35. The van der Waals surface area contributed by atoms with Crippen molar-refractivity contribution in [2.24, 2.45) is 0 Å². The first kappa shape index (κ1) is 16.3. The molecule has 1 atom stereocenters. The molecule has 0 bridgehead atoms. The van der Waals surface area contributed by atoms with Crippen LogP contribution in [0.3, 0.4) is 0 Å². The van der Waals surface area contributed by atoms with Crippen molar-refractivity contribution in [2.45, 2.75) is 70.5 Å². The van der Waals surface area contributed by atoms with Crippen LogP contribution in [0.1, 0.15) is 55.7 Å². The van der Waals surface area contributed by atoms with Crippen LogP contribution in [0.5, 0.6) is 5.75 Å². The molecule has 1 saturated carbocycles. The van der Waals surface area contributed by atoms with Gasteiger partial charge in [-0.3, -0.25) is 4.79 Å². The van der Waals surface area contributed by atoms with E-state index in [1.165, 1.54) is 30.4 Å². The average Bonchev–Trinajstić information content (AvgIpc) is 3.22. The van der Waals surface area contributed by atoms with Crippen LogP contribution in [0.2, 0.25) is 0 Å². The Morgan fingerprint density at radius 1 is 1.22 bits per heavy atom. The van der Waals surface area contributed by atoms with Crippen molar-refractivity contribution in [1.82, 2.24) is 10.6 Å². The summed E-state index contributed by atoms with van der Waals surface area (Å²) in [6.45, 7) is 2.60.